The van der Waals surface area contributed by atoms with Crippen molar-refractivity contribution in [1.29, 1.82) is 0 Å². The van der Waals surface area contributed by atoms with E-state index in [2.05, 4.69) is 15.6 Å². The van der Waals surface area contributed by atoms with Crippen LogP contribution in [-0.4, -0.2) is 20.9 Å². The summed E-state index contributed by atoms with van der Waals surface area (Å²) in [5.41, 5.74) is 9.09. The molecule has 106 valence electrons. The molecule has 0 bridgehead atoms. The number of hydrogen-bond acceptors (Lipinski definition) is 4. The van der Waals surface area contributed by atoms with E-state index < -0.39 is 6.04 Å². The number of anilines is 1. The van der Waals surface area contributed by atoms with Crippen LogP contribution in [0.25, 0.3) is 0 Å². The first-order chi connectivity index (χ1) is 9.51. The molecule has 0 fully saturated rings. The standard InChI is InChI=1S/C14H19N5O/c1-9-4-5-10(2)13(6-9)16-14(20)11(3)19-8-12(7-15)17-18-19/h4-6,8,11H,7,15H2,1-3H3,(H,16,20). The number of nitrogens with zero attached hydrogens (tertiary/aromatic N) is 3. The van der Waals surface area contributed by atoms with Crippen molar-refractivity contribution in [3.8, 4) is 0 Å². The Hall–Kier alpha value is -2.21. The van der Waals surface area contributed by atoms with E-state index in [0.29, 0.717) is 12.2 Å². The molecule has 2 rings (SSSR count). The van der Waals surface area contributed by atoms with Gasteiger partial charge in [0.15, 0.2) is 0 Å². The molecule has 1 unspecified atom stereocenters. The second-order valence-corrected chi connectivity index (χ2v) is 4.88. The van der Waals surface area contributed by atoms with E-state index in [1.165, 1.54) is 4.68 Å². The first-order valence-corrected chi connectivity index (χ1v) is 6.50. The molecule has 1 amide bonds. The van der Waals surface area contributed by atoms with Gasteiger partial charge in [-0.1, -0.05) is 17.3 Å². The van der Waals surface area contributed by atoms with Gasteiger partial charge in [-0.05, 0) is 38.0 Å². The Kier molecular flexibility index (Phi) is 4.14. The fraction of sp³-hybridized carbons (Fsp3) is 0.357. The Morgan fingerprint density at radius 2 is 2.20 bits per heavy atom. The van der Waals surface area contributed by atoms with Crippen LogP contribution >= 0.6 is 0 Å². The third-order valence-corrected chi connectivity index (χ3v) is 3.19. The molecule has 0 aliphatic carbocycles. The van der Waals surface area contributed by atoms with Crippen molar-refractivity contribution in [2.45, 2.75) is 33.4 Å². The minimum Gasteiger partial charge on any atom is -0.325 e. The zero-order chi connectivity index (χ0) is 14.7. The average molecular weight is 273 g/mol. The summed E-state index contributed by atoms with van der Waals surface area (Å²) in [6, 6.07) is 5.51. The van der Waals surface area contributed by atoms with E-state index in [1.54, 1.807) is 13.1 Å². The van der Waals surface area contributed by atoms with Crippen LogP contribution in [0.2, 0.25) is 0 Å². The molecule has 6 heteroatoms. The molecular weight excluding hydrogens is 254 g/mol. The van der Waals surface area contributed by atoms with Gasteiger partial charge in [-0.3, -0.25) is 4.79 Å². The summed E-state index contributed by atoms with van der Waals surface area (Å²) in [4.78, 5) is 12.2. The first kappa shape index (κ1) is 14.2. The lowest BCUT2D eigenvalue weighted by Crippen LogP contribution is -2.24. The number of nitrogens with one attached hydrogen (secondary N) is 1. The van der Waals surface area contributed by atoms with Crippen molar-refractivity contribution >= 4 is 11.6 Å². The highest BCUT2D eigenvalue weighted by Crippen LogP contribution is 2.18. The SMILES string of the molecule is Cc1ccc(C)c(NC(=O)C(C)n2cc(CN)nn2)c1. The number of nitrogens with two attached hydrogens (primary N) is 1. The maximum Gasteiger partial charge on any atom is 0.249 e. The first-order valence-electron chi connectivity index (χ1n) is 6.50. The smallest absolute Gasteiger partial charge is 0.249 e. The van der Waals surface area contributed by atoms with Crippen LogP contribution in [0.4, 0.5) is 5.69 Å². The summed E-state index contributed by atoms with van der Waals surface area (Å²) < 4.78 is 1.52. The minimum absolute atomic E-state index is 0.132. The number of benzene rings is 1. The predicted molar refractivity (Wildman–Crippen MR) is 77.2 cm³/mol. The Bertz CT molecular complexity index is 620. The van der Waals surface area contributed by atoms with Gasteiger partial charge in [-0.25, -0.2) is 4.68 Å². The van der Waals surface area contributed by atoms with Gasteiger partial charge in [0.05, 0.1) is 11.9 Å². The van der Waals surface area contributed by atoms with Crippen LogP contribution in [0, 0.1) is 13.8 Å². The lowest BCUT2D eigenvalue weighted by molar-refractivity contribution is -0.119. The Balaban J connectivity index is 2.13. The molecule has 0 aliphatic rings. The summed E-state index contributed by atoms with van der Waals surface area (Å²) >= 11 is 0. The molecule has 2 aromatic rings. The van der Waals surface area contributed by atoms with Crippen molar-refractivity contribution in [1.82, 2.24) is 15.0 Å². The monoisotopic (exact) mass is 273 g/mol. The largest absolute Gasteiger partial charge is 0.325 e. The van der Waals surface area contributed by atoms with Crippen molar-refractivity contribution in [3.63, 3.8) is 0 Å². The Labute approximate surface area is 118 Å². The molecule has 0 saturated heterocycles. The van der Waals surface area contributed by atoms with Gasteiger partial charge in [0.25, 0.3) is 0 Å². The van der Waals surface area contributed by atoms with Gasteiger partial charge in [0, 0.05) is 12.2 Å². The van der Waals surface area contributed by atoms with Gasteiger partial charge in [0.1, 0.15) is 6.04 Å². The van der Waals surface area contributed by atoms with Gasteiger partial charge in [-0.2, -0.15) is 0 Å². The lowest BCUT2D eigenvalue weighted by Gasteiger charge is -2.14. The predicted octanol–water partition coefficient (Wildman–Crippen LogP) is 1.55. The molecule has 0 aliphatic heterocycles. The van der Waals surface area contributed by atoms with Crippen molar-refractivity contribution in [2.75, 3.05) is 5.32 Å². The summed E-state index contributed by atoms with van der Waals surface area (Å²) in [6.07, 6.45) is 1.69. The fourth-order valence-electron chi connectivity index (χ4n) is 1.82. The molecule has 1 aromatic heterocycles. The topological polar surface area (TPSA) is 85.8 Å². The number of aromatic nitrogens is 3. The molecule has 1 atom stereocenters. The second-order valence-electron chi connectivity index (χ2n) is 4.88. The molecule has 3 N–H and O–H groups in total. The van der Waals surface area contributed by atoms with E-state index in [0.717, 1.165) is 16.8 Å². The summed E-state index contributed by atoms with van der Waals surface area (Å²) in [5, 5.41) is 10.7. The highest BCUT2D eigenvalue weighted by molar-refractivity contribution is 5.94. The van der Waals surface area contributed by atoms with Crippen LogP contribution in [0.1, 0.15) is 29.8 Å². The van der Waals surface area contributed by atoms with Crippen molar-refractivity contribution in [2.24, 2.45) is 5.73 Å². The molecule has 0 radical (unpaired) electrons. The Morgan fingerprint density at radius 1 is 1.45 bits per heavy atom. The third kappa shape index (κ3) is 3.03. The molecular formula is C14H19N5O. The van der Waals surface area contributed by atoms with Gasteiger partial charge in [0.2, 0.25) is 5.91 Å². The maximum absolute atomic E-state index is 12.2. The van der Waals surface area contributed by atoms with Crippen molar-refractivity contribution < 1.29 is 4.79 Å². The molecule has 6 nitrogen and oxygen atoms in total. The van der Waals surface area contributed by atoms with E-state index in [9.17, 15) is 4.79 Å². The zero-order valence-electron chi connectivity index (χ0n) is 11.9. The molecule has 20 heavy (non-hydrogen) atoms. The van der Waals surface area contributed by atoms with E-state index in [4.69, 9.17) is 5.73 Å². The number of amides is 1. The number of carbonyl (C=O) groups is 1. The highest BCUT2D eigenvalue weighted by Gasteiger charge is 2.17. The van der Waals surface area contributed by atoms with Crippen LogP contribution in [0.15, 0.2) is 24.4 Å². The lowest BCUT2D eigenvalue weighted by atomic mass is 10.1. The molecule has 0 spiro atoms. The third-order valence-electron chi connectivity index (χ3n) is 3.19. The zero-order valence-corrected chi connectivity index (χ0v) is 11.9. The van der Waals surface area contributed by atoms with Crippen LogP contribution < -0.4 is 11.1 Å². The fourth-order valence-corrected chi connectivity index (χ4v) is 1.82. The minimum atomic E-state index is -0.442. The highest BCUT2D eigenvalue weighted by atomic mass is 16.2. The van der Waals surface area contributed by atoms with E-state index >= 15 is 0 Å². The van der Waals surface area contributed by atoms with Crippen LogP contribution in [0.5, 0.6) is 0 Å². The Morgan fingerprint density at radius 3 is 2.85 bits per heavy atom. The van der Waals surface area contributed by atoms with Crippen molar-refractivity contribution in [3.05, 3.63) is 41.2 Å². The molecule has 0 saturated carbocycles. The van der Waals surface area contributed by atoms with E-state index in [-0.39, 0.29) is 5.91 Å². The normalized spacial score (nSPS) is 12.2. The second kappa shape index (κ2) is 5.83. The summed E-state index contributed by atoms with van der Waals surface area (Å²) in [5.74, 6) is -0.132. The molecule has 1 aromatic carbocycles. The van der Waals surface area contributed by atoms with Gasteiger partial charge >= 0.3 is 0 Å². The number of hydrogen-bond donors (Lipinski definition) is 2. The van der Waals surface area contributed by atoms with Gasteiger partial charge in [-0.15, -0.1) is 5.10 Å². The quantitative estimate of drug-likeness (QED) is 0.885. The number of aryl methyl sites for hydroxylation is 2. The number of carbonyl (C=O) groups excluding carboxylic acids is 1. The average Bonchev–Trinajstić information content (AvgIpc) is 2.90. The number of rotatable bonds is 4. The van der Waals surface area contributed by atoms with E-state index in [1.807, 2.05) is 32.0 Å². The maximum atomic E-state index is 12.2. The molecule has 1 heterocycles. The summed E-state index contributed by atoms with van der Waals surface area (Å²) in [6.45, 7) is 6.03. The summed E-state index contributed by atoms with van der Waals surface area (Å²) in [7, 11) is 0. The van der Waals surface area contributed by atoms with Crippen LogP contribution in [0.3, 0.4) is 0 Å². The van der Waals surface area contributed by atoms with Gasteiger partial charge < -0.3 is 11.1 Å². The van der Waals surface area contributed by atoms with Crippen LogP contribution in [-0.2, 0) is 11.3 Å².